The lowest BCUT2D eigenvalue weighted by atomic mass is 10.2. The molecule has 5 nitrogen and oxygen atoms in total. The van der Waals surface area contributed by atoms with Gasteiger partial charge in [0.2, 0.25) is 5.91 Å². The fourth-order valence-corrected chi connectivity index (χ4v) is 3.79. The van der Waals surface area contributed by atoms with Crippen LogP contribution in [0.15, 0.2) is 48.7 Å². The van der Waals surface area contributed by atoms with Gasteiger partial charge in [-0.15, -0.1) is 11.8 Å². The third-order valence-electron chi connectivity index (χ3n) is 4.41. The van der Waals surface area contributed by atoms with Gasteiger partial charge in [-0.3, -0.25) is 14.7 Å². The zero-order valence-electron chi connectivity index (χ0n) is 14.7. The molecule has 1 amide bonds. The van der Waals surface area contributed by atoms with Crippen molar-refractivity contribution in [3.8, 4) is 6.07 Å². The van der Waals surface area contributed by atoms with E-state index in [2.05, 4.69) is 16.0 Å². The zero-order chi connectivity index (χ0) is 18.2. The van der Waals surface area contributed by atoms with Gasteiger partial charge in [-0.2, -0.15) is 5.26 Å². The van der Waals surface area contributed by atoms with Crippen LogP contribution in [0.2, 0.25) is 0 Å². The number of pyridine rings is 1. The van der Waals surface area contributed by atoms with Gasteiger partial charge in [-0.25, -0.2) is 0 Å². The summed E-state index contributed by atoms with van der Waals surface area (Å²) in [5.74, 6) is 1.50. The SMILES string of the molecule is N#Cc1ccc(CSCC(=O)N2CCN(Cc3ccccn3)CC2)cc1. The second kappa shape index (κ2) is 9.37. The molecule has 0 spiro atoms. The Morgan fingerprint density at radius 1 is 1.12 bits per heavy atom. The quantitative estimate of drug-likeness (QED) is 0.786. The largest absolute Gasteiger partial charge is 0.339 e. The lowest BCUT2D eigenvalue weighted by Crippen LogP contribution is -2.48. The number of amides is 1. The summed E-state index contributed by atoms with van der Waals surface area (Å²) in [7, 11) is 0. The number of carbonyl (C=O) groups is 1. The summed E-state index contributed by atoms with van der Waals surface area (Å²) in [4.78, 5) is 21.1. The van der Waals surface area contributed by atoms with E-state index in [9.17, 15) is 4.79 Å². The molecular weight excluding hydrogens is 344 g/mol. The molecule has 1 saturated heterocycles. The van der Waals surface area contributed by atoms with E-state index in [1.165, 1.54) is 0 Å². The predicted octanol–water partition coefficient (Wildman–Crippen LogP) is 2.53. The Hall–Kier alpha value is -2.36. The molecule has 2 aromatic rings. The molecule has 1 fully saturated rings. The van der Waals surface area contributed by atoms with Crippen LogP contribution in [0.5, 0.6) is 0 Å². The van der Waals surface area contributed by atoms with E-state index in [4.69, 9.17) is 5.26 Å². The van der Waals surface area contributed by atoms with Crippen LogP contribution in [0.25, 0.3) is 0 Å². The van der Waals surface area contributed by atoms with E-state index in [1.54, 1.807) is 11.8 Å². The third kappa shape index (κ3) is 5.32. The zero-order valence-corrected chi connectivity index (χ0v) is 15.5. The number of thioether (sulfide) groups is 1. The van der Waals surface area contributed by atoms with E-state index in [0.29, 0.717) is 11.3 Å². The van der Waals surface area contributed by atoms with Gasteiger partial charge in [0, 0.05) is 44.7 Å². The first-order chi connectivity index (χ1) is 12.7. The molecule has 0 aliphatic carbocycles. The number of aromatic nitrogens is 1. The molecule has 1 aliphatic rings. The average molecular weight is 366 g/mol. The van der Waals surface area contributed by atoms with Crippen molar-refractivity contribution in [2.75, 3.05) is 31.9 Å². The Labute approximate surface area is 158 Å². The summed E-state index contributed by atoms with van der Waals surface area (Å²) in [5.41, 5.74) is 2.88. The maximum absolute atomic E-state index is 12.4. The van der Waals surface area contributed by atoms with E-state index in [1.807, 2.05) is 53.6 Å². The van der Waals surface area contributed by atoms with E-state index < -0.39 is 0 Å². The first kappa shape index (κ1) is 18.4. The van der Waals surface area contributed by atoms with Crippen molar-refractivity contribution < 1.29 is 4.79 Å². The highest BCUT2D eigenvalue weighted by atomic mass is 32.2. The van der Waals surface area contributed by atoms with E-state index in [0.717, 1.165) is 49.7 Å². The Kier molecular flexibility index (Phi) is 6.64. The Balaban J connectivity index is 1.37. The van der Waals surface area contributed by atoms with Crippen LogP contribution in [-0.4, -0.2) is 52.6 Å². The van der Waals surface area contributed by atoms with Gasteiger partial charge in [0.25, 0.3) is 0 Å². The lowest BCUT2D eigenvalue weighted by molar-refractivity contribution is -0.130. The van der Waals surface area contributed by atoms with Crippen LogP contribution in [0, 0.1) is 11.3 Å². The first-order valence-corrected chi connectivity index (χ1v) is 9.87. The highest BCUT2D eigenvalue weighted by Gasteiger charge is 2.21. The predicted molar refractivity (Wildman–Crippen MR) is 103 cm³/mol. The molecule has 26 heavy (non-hydrogen) atoms. The molecule has 3 rings (SSSR count). The minimum absolute atomic E-state index is 0.209. The van der Waals surface area contributed by atoms with Crippen molar-refractivity contribution in [1.82, 2.24) is 14.8 Å². The summed E-state index contributed by atoms with van der Waals surface area (Å²) < 4.78 is 0. The van der Waals surface area contributed by atoms with Crippen molar-refractivity contribution in [1.29, 1.82) is 5.26 Å². The minimum Gasteiger partial charge on any atom is -0.339 e. The molecule has 1 aliphatic heterocycles. The van der Waals surface area contributed by atoms with Crippen molar-refractivity contribution >= 4 is 17.7 Å². The number of rotatable bonds is 6. The number of piperazine rings is 1. The summed E-state index contributed by atoms with van der Waals surface area (Å²) in [6.07, 6.45) is 1.82. The molecule has 134 valence electrons. The maximum Gasteiger partial charge on any atom is 0.232 e. The smallest absolute Gasteiger partial charge is 0.232 e. The van der Waals surface area contributed by atoms with Gasteiger partial charge < -0.3 is 4.90 Å². The van der Waals surface area contributed by atoms with Crippen LogP contribution in [0.3, 0.4) is 0 Å². The van der Waals surface area contributed by atoms with Gasteiger partial charge in [0.05, 0.1) is 23.1 Å². The molecule has 1 aromatic heterocycles. The standard InChI is InChI=1S/C20H22N4OS/c21-13-17-4-6-18(7-5-17)15-26-16-20(25)24-11-9-23(10-12-24)14-19-3-1-2-8-22-19/h1-8H,9-12,14-16H2. The molecule has 0 radical (unpaired) electrons. The van der Waals surface area contributed by atoms with Gasteiger partial charge in [-0.05, 0) is 29.8 Å². The molecule has 0 unspecified atom stereocenters. The maximum atomic E-state index is 12.4. The molecule has 6 heteroatoms. The van der Waals surface area contributed by atoms with Crippen LogP contribution in [0.1, 0.15) is 16.8 Å². The molecule has 0 saturated carbocycles. The van der Waals surface area contributed by atoms with Crippen LogP contribution >= 0.6 is 11.8 Å². The lowest BCUT2D eigenvalue weighted by Gasteiger charge is -2.34. The number of benzene rings is 1. The Morgan fingerprint density at radius 2 is 1.88 bits per heavy atom. The molecular formula is C20H22N4OS. The van der Waals surface area contributed by atoms with Gasteiger partial charge in [0.15, 0.2) is 0 Å². The van der Waals surface area contributed by atoms with Crippen molar-refractivity contribution in [2.24, 2.45) is 0 Å². The van der Waals surface area contributed by atoms with Gasteiger partial charge >= 0.3 is 0 Å². The fraction of sp³-hybridized carbons (Fsp3) is 0.350. The second-order valence-corrected chi connectivity index (χ2v) is 7.27. The normalized spacial score (nSPS) is 14.8. The highest BCUT2D eigenvalue weighted by Crippen LogP contribution is 2.15. The van der Waals surface area contributed by atoms with Crippen molar-refractivity contribution in [3.63, 3.8) is 0 Å². The number of hydrogen-bond acceptors (Lipinski definition) is 5. The fourth-order valence-electron chi connectivity index (χ4n) is 2.90. The van der Waals surface area contributed by atoms with E-state index in [-0.39, 0.29) is 5.91 Å². The van der Waals surface area contributed by atoms with Crippen LogP contribution in [0.4, 0.5) is 0 Å². The molecule has 0 atom stereocenters. The monoisotopic (exact) mass is 366 g/mol. The number of nitriles is 1. The third-order valence-corrected chi connectivity index (χ3v) is 5.40. The van der Waals surface area contributed by atoms with Crippen molar-refractivity contribution in [3.05, 3.63) is 65.5 Å². The minimum atomic E-state index is 0.209. The number of nitrogens with zero attached hydrogens (tertiary/aromatic N) is 4. The Bertz CT molecular complexity index is 750. The van der Waals surface area contributed by atoms with E-state index >= 15 is 0 Å². The summed E-state index contributed by atoms with van der Waals surface area (Å²) >= 11 is 1.63. The number of carbonyl (C=O) groups excluding carboxylic acids is 1. The van der Waals surface area contributed by atoms with Gasteiger partial charge in [-0.1, -0.05) is 18.2 Å². The Morgan fingerprint density at radius 3 is 2.54 bits per heavy atom. The molecule has 2 heterocycles. The highest BCUT2D eigenvalue weighted by molar-refractivity contribution is 7.99. The van der Waals surface area contributed by atoms with Crippen LogP contribution in [-0.2, 0) is 17.1 Å². The summed E-state index contributed by atoms with van der Waals surface area (Å²) in [5, 5.41) is 8.81. The topological polar surface area (TPSA) is 60.2 Å². The first-order valence-electron chi connectivity index (χ1n) is 8.71. The molecule has 0 N–H and O–H groups in total. The molecule has 0 bridgehead atoms. The molecule has 1 aromatic carbocycles. The second-order valence-electron chi connectivity index (χ2n) is 6.28. The van der Waals surface area contributed by atoms with Crippen LogP contribution < -0.4 is 0 Å². The van der Waals surface area contributed by atoms with Gasteiger partial charge in [0.1, 0.15) is 0 Å². The average Bonchev–Trinajstić information content (AvgIpc) is 2.70. The summed E-state index contributed by atoms with van der Waals surface area (Å²) in [6, 6.07) is 15.6. The van der Waals surface area contributed by atoms with Crippen molar-refractivity contribution in [2.45, 2.75) is 12.3 Å². The number of hydrogen-bond donors (Lipinski definition) is 0. The summed E-state index contributed by atoms with van der Waals surface area (Å²) in [6.45, 7) is 4.19.